The van der Waals surface area contributed by atoms with Crippen molar-refractivity contribution in [1.29, 1.82) is 0 Å². The van der Waals surface area contributed by atoms with Gasteiger partial charge in [-0.05, 0) is 55.0 Å². The lowest BCUT2D eigenvalue weighted by molar-refractivity contribution is -0.135. The molecule has 144 valence electrons. The first-order valence-electron chi connectivity index (χ1n) is 8.00. The average molecular weight is 396 g/mol. The first-order chi connectivity index (χ1) is 12.9. The number of carbonyl (C=O) groups is 1. The molecule has 1 fully saturated rings. The van der Waals surface area contributed by atoms with Crippen molar-refractivity contribution >= 4 is 15.9 Å². The van der Waals surface area contributed by atoms with Crippen molar-refractivity contribution < 1.29 is 32.3 Å². The quantitative estimate of drug-likeness (QED) is 0.507. The fourth-order valence-corrected chi connectivity index (χ4v) is 3.77. The Kier molecular flexibility index (Phi) is 5.71. The Morgan fingerprint density at radius 1 is 1.11 bits per heavy atom. The third kappa shape index (κ3) is 4.61. The van der Waals surface area contributed by atoms with Crippen LogP contribution in [0.4, 0.5) is 4.39 Å². The molecular weight excluding hydrogens is 379 g/mol. The van der Waals surface area contributed by atoms with Crippen molar-refractivity contribution in [2.24, 2.45) is 5.92 Å². The maximum absolute atomic E-state index is 12.9. The fourth-order valence-electron chi connectivity index (χ4n) is 2.60. The number of halogens is 1. The van der Waals surface area contributed by atoms with Crippen LogP contribution in [0.1, 0.15) is 6.42 Å². The first-order valence-corrected chi connectivity index (χ1v) is 9.49. The van der Waals surface area contributed by atoms with Gasteiger partial charge in [0.25, 0.3) is 5.91 Å². The van der Waals surface area contributed by atoms with Crippen LogP contribution < -0.4 is 14.9 Å². The highest BCUT2D eigenvalue weighted by Gasteiger charge is 2.37. The molecule has 2 unspecified atom stereocenters. The van der Waals surface area contributed by atoms with Gasteiger partial charge < -0.3 is 9.47 Å². The predicted octanol–water partition coefficient (Wildman–Crippen LogP) is 1.76. The second kappa shape index (κ2) is 8.01. The van der Waals surface area contributed by atoms with E-state index in [0.29, 0.717) is 11.5 Å². The Bertz CT molecular complexity index is 902. The molecule has 0 aliphatic carbocycles. The molecule has 0 spiro atoms. The number of hydroxylamine groups is 1. The van der Waals surface area contributed by atoms with Gasteiger partial charge in [0.1, 0.15) is 23.5 Å². The first kappa shape index (κ1) is 19.2. The highest BCUT2D eigenvalue weighted by Crippen LogP contribution is 2.25. The second-order valence-corrected chi connectivity index (χ2v) is 7.53. The Hall–Kier alpha value is -2.53. The van der Waals surface area contributed by atoms with E-state index in [1.807, 2.05) is 0 Å². The van der Waals surface area contributed by atoms with Crippen molar-refractivity contribution in [2.45, 2.75) is 17.5 Å². The molecular formula is C17H17FN2O6S. The third-order valence-corrected chi connectivity index (χ3v) is 5.43. The summed E-state index contributed by atoms with van der Waals surface area (Å²) in [6, 6.07) is 11.0. The minimum Gasteiger partial charge on any atom is -0.457 e. The SMILES string of the molecule is O=C(NO)C1CCOC1NS(=O)(=O)c1ccc(Oc2ccc(F)cc2)cc1. The molecule has 3 N–H and O–H groups in total. The van der Waals surface area contributed by atoms with Crippen LogP contribution in [0.25, 0.3) is 0 Å². The number of hydrogen-bond acceptors (Lipinski definition) is 6. The van der Waals surface area contributed by atoms with Gasteiger partial charge >= 0.3 is 0 Å². The van der Waals surface area contributed by atoms with Crippen LogP contribution in [-0.4, -0.2) is 32.4 Å². The van der Waals surface area contributed by atoms with Gasteiger partial charge in [-0.25, -0.2) is 18.3 Å². The second-order valence-electron chi connectivity index (χ2n) is 5.81. The van der Waals surface area contributed by atoms with Gasteiger partial charge in [-0.1, -0.05) is 0 Å². The standard InChI is InChI=1S/C17H17FN2O6S/c18-11-1-3-12(4-2-11)26-13-5-7-14(8-6-13)27(23,24)20-17-15(9-10-25-17)16(21)19-22/h1-8,15,17,20,22H,9-10H2,(H,19,21). The van der Waals surface area contributed by atoms with Gasteiger partial charge in [0.15, 0.2) is 0 Å². The topological polar surface area (TPSA) is 114 Å². The summed E-state index contributed by atoms with van der Waals surface area (Å²) in [4.78, 5) is 11.5. The Morgan fingerprint density at radius 2 is 1.70 bits per heavy atom. The Balaban J connectivity index is 1.69. The highest BCUT2D eigenvalue weighted by molar-refractivity contribution is 7.89. The van der Waals surface area contributed by atoms with Crippen LogP contribution in [0.3, 0.4) is 0 Å². The number of amides is 1. The maximum Gasteiger partial charge on any atom is 0.250 e. The number of hydrogen-bond donors (Lipinski definition) is 3. The molecule has 8 nitrogen and oxygen atoms in total. The molecule has 1 saturated heterocycles. The van der Waals surface area contributed by atoms with E-state index < -0.39 is 33.9 Å². The lowest BCUT2D eigenvalue weighted by Crippen LogP contribution is -2.44. The van der Waals surface area contributed by atoms with E-state index in [4.69, 9.17) is 14.7 Å². The zero-order chi connectivity index (χ0) is 19.4. The van der Waals surface area contributed by atoms with E-state index in [2.05, 4.69) is 4.72 Å². The van der Waals surface area contributed by atoms with E-state index in [1.165, 1.54) is 54.0 Å². The lowest BCUT2D eigenvalue weighted by atomic mass is 10.1. The van der Waals surface area contributed by atoms with Crippen molar-refractivity contribution in [3.8, 4) is 11.5 Å². The highest BCUT2D eigenvalue weighted by atomic mass is 32.2. The van der Waals surface area contributed by atoms with Crippen LogP contribution in [0, 0.1) is 11.7 Å². The zero-order valence-electron chi connectivity index (χ0n) is 14.0. The van der Waals surface area contributed by atoms with E-state index in [0.717, 1.165) is 0 Å². The predicted molar refractivity (Wildman–Crippen MR) is 91.0 cm³/mol. The summed E-state index contributed by atoms with van der Waals surface area (Å²) < 4.78 is 50.9. The van der Waals surface area contributed by atoms with Gasteiger partial charge in [-0.2, -0.15) is 4.72 Å². The van der Waals surface area contributed by atoms with Gasteiger partial charge in [0.2, 0.25) is 10.0 Å². The summed E-state index contributed by atoms with van der Waals surface area (Å²) in [5.41, 5.74) is 1.50. The number of rotatable bonds is 6. The molecule has 10 heteroatoms. The van der Waals surface area contributed by atoms with E-state index in [-0.39, 0.29) is 17.9 Å². The average Bonchev–Trinajstić information content (AvgIpc) is 3.11. The van der Waals surface area contributed by atoms with Crippen molar-refractivity contribution in [3.63, 3.8) is 0 Å². The van der Waals surface area contributed by atoms with E-state index in [1.54, 1.807) is 0 Å². The molecule has 2 atom stereocenters. The summed E-state index contributed by atoms with van der Waals surface area (Å²) in [7, 11) is -3.96. The zero-order valence-corrected chi connectivity index (χ0v) is 14.8. The fraction of sp³-hybridized carbons (Fsp3) is 0.235. The summed E-state index contributed by atoms with van der Waals surface area (Å²) in [5.74, 6) is -1.16. The number of sulfonamides is 1. The molecule has 0 radical (unpaired) electrons. The molecule has 27 heavy (non-hydrogen) atoms. The van der Waals surface area contributed by atoms with E-state index >= 15 is 0 Å². The summed E-state index contributed by atoms with van der Waals surface area (Å²) in [6.45, 7) is 0.190. The lowest BCUT2D eigenvalue weighted by Gasteiger charge is -2.18. The molecule has 1 aliphatic heterocycles. The van der Waals surface area contributed by atoms with Gasteiger partial charge in [-0.3, -0.25) is 10.0 Å². The number of carbonyl (C=O) groups excluding carboxylic acids is 1. The van der Waals surface area contributed by atoms with Gasteiger partial charge in [0.05, 0.1) is 10.8 Å². The maximum atomic E-state index is 12.9. The third-order valence-electron chi connectivity index (χ3n) is 3.99. The van der Waals surface area contributed by atoms with Crippen molar-refractivity contribution in [3.05, 3.63) is 54.3 Å². The molecule has 0 bridgehead atoms. The van der Waals surface area contributed by atoms with Gasteiger partial charge in [-0.15, -0.1) is 0 Å². The number of benzene rings is 2. The van der Waals surface area contributed by atoms with Gasteiger partial charge in [0, 0.05) is 6.61 Å². The normalized spacial score (nSPS) is 19.6. The molecule has 1 amide bonds. The largest absolute Gasteiger partial charge is 0.457 e. The summed E-state index contributed by atoms with van der Waals surface area (Å²) in [5, 5.41) is 8.73. The molecule has 2 aromatic rings. The molecule has 0 saturated carbocycles. The van der Waals surface area contributed by atoms with Crippen molar-refractivity contribution in [2.75, 3.05) is 6.61 Å². The molecule has 3 rings (SSSR count). The molecule has 2 aromatic carbocycles. The Morgan fingerprint density at radius 3 is 2.30 bits per heavy atom. The van der Waals surface area contributed by atoms with Crippen LogP contribution in [-0.2, 0) is 19.6 Å². The van der Waals surface area contributed by atoms with Crippen molar-refractivity contribution in [1.82, 2.24) is 10.2 Å². The minimum absolute atomic E-state index is 0.0485. The Labute approximate surface area is 154 Å². The van der Waals surface area contributed by atoms with Crippen LogP contribution >= 0.6 is 0 Å². The molecule has 1 aliphatic rings. The van der Waals surface area contributed by atoms with Crippen LogP contribution in [0.5, 0.6) is 11.5 Å². The number of nitrogens with one attached hydrogen (secondary N) is 2. The smallest absolute Gasteiger partial charge is 0.250 e. The summed E-state index contributed by atoms with van der Waals surface area (Å²) in [6.07, 6.45) is -0.790. The monoisotopic (exact) mass is 396 g/mol. The molecule has 0 aromatic heterocycles. The number of ether oxygens (including phenoxy) is 2. The minimum atomic E-state index is -3.96. The van der Waals surface area contributed by atoms with Crippen LogP contribution in [0.15, 0.2) is 53.4 Å². The van der Waals surface area contributed by atoms with Crippen LogP contribution in [0.2, 0.25) is 0 Å². The summed E-state index contributed by atoms with van der Waals surface area (Å²) >= 11 is 0. The molecule has 1 heterocycles. The van der Waals surface area contributed by atoms with E-state index in [9.17, 15) is 17.6 Å².